The molecule has 7 rings (SSSR count). The predicted molar refractivity (Wildman–Crippen MR) is 182 cm³/mol. The van der Waals surface area contributed by atoms with Crippen molar-refractivity contribution in [2.24, 2.45) is 7.05 Å². The molecule has 1 saturated carbocycles. The molecule has 4 atom stereocenters. The number of rotatable bonds is 7. The molecule has 0 bridgehead atoms. The van der Waals surface area contributed by atoms with E-state index in [9.17, 15) is 29.1 Å². The number of alkyl halides is 3. The molecule has 49 heavy (non-hydrogen) atoms. The minimum atomic E-state index is -1.99. The lowest BCUT2D eigenvalue weighted by molar-refractivity contribution is -0.138. The number of allylic oxidation sites excluding steroid dienone is 2. The average molecular weight is 776 g/mol. The molecule has 256 valence electrons. The average Bonchev–Trinajstić information content (AvgIpc) is 3.42. The molecule has 2 fully saturated rings. The van der Waals surface area contributed by atoms with Crippen molar-refractivity contribution in [3.05, 3.63) is 90.6 Å². The van der Waals surface area contributed by atoms with Crippen molar-refractivity contribution < 1.29 is 24.2 Å². The fourth-order valence-electron chi connectivity index (χ4n) is 7.38. The third-order valence-corrected chi connectivity index (χ3v) is 11.7. The molecule has 2 aromatic carbocycles. The number of fused-ring (bicyclic) bond motifs is 5. The van der Waals surface area contributed by atoms with E-state index in [1.807, 2.05) is 0 Å². The summed E-state index contributed by atoms with van der Waals surface area (Å²) in [6, 6.07) is 8.37. The Morgan fingerprint density at radius 2 is 1.67 bits per heavy atom. The Kier molecular flexibility index (Phi) is 7.87. The number of hydrogen-bond donors (Lipinski definition) is 1. The Morgan fingerprint density at radius 1 is 1.00 bits per heavy atom. The number of aromatic hydroxyl groups is 1. The van der Waals surface area contributed by atoms with Crippen LogP contribution in [0.2, 0.25) is 0 Å². The molecule has 2 amide bonds. The van der Waals surface area contributed by atoms with E-state index >= 15 is 0 Å². The highest BCUT2D eigenvalue weighted by molar-refractivity contribution is 9.09. The molecule has 4 unspecified atom stereocenters. The minimum absolute atomic E-state index is 0.0258. The van der Waals surface area contributed by atoms with E-state index < -0.39 is 50.5 Å². The number of aryl methyl sites for hydroxylation is 2. The number of phenols is 1. The molecule has 14 nitrogen and oxygen atoms in total. The monoisotopic (exact) mass is 774 g/mol. The number of imide groups is 1. The zero-order valence-electron chi connectivity index (χ0n) is 26.4. The van der Waals surface area contributed by atoms with Gasteiger partial charge >= 0.3 is 11.4 Å². The first-order valence-electron chi connectivity index (χ1n) is 15.1. The summed E-state index contributed by atoms with van der Waals surface area (Å²) in [4.78, 5) is 70.3. The Balaban J connectivity index is 1.31. The van der Waals surface area contributed by atoms with E-state index in [1.54, 1.807) is 37.4 Å². The second-order valence-corrected chi connectivity index (χ2v) is 13.9. The molecular formula is C32H29BrCl2N6O8. The minimum Gasteiger partial charge on any atom is -0.508 e. The number of halogens is 3. The number of nitrogens with zero attached hydrogens (tertiary/aromatic N) is 6. The van der Waals surface area contributed by atoms with Crippen LogP contribution in [-0.2, 0) is 36.1 Å². The van der Waals surface area contributed by atoms with Gasteiger partial charge in [0.15, 0.2) is 21.2 Å². The maximum absolute atomic E-state index is 14.1. The number of methoxy groups -OCH3 is 2. The second-order valence-electron chi connectivity index (χ2n) is 12.1. The van der Waals surface area contributed by atoms with Crippen molar-refractivity contribution in [2.45, 2.75) is 47.6 Å². The van der Waals surface area contributed by atoms with Crippen LogP contribution in [-0.4, -0.2) is 74.7 Å². The van der Waals surface area contributed by atoms with Gasteiger partial charge in [-0.1, -0.05) is 34.1 Å². The van der Waals surface area contributed by atoms with Gasteiger partial charge in [-0.15, -0.1) is 23.2 Å². The van der Waals surface area contributed by atoms with Gasteiger partial charge in [-0.2, -0.15) is 0 Å². The number of phenolic OH excluding ortho intramolecular Hbond substituents is 1. The molecule has 2 aromatic heterocycles. The van der Waals surface area contributed by atoms with Crippen molar-refractivity contribution in [3.63, 3.8) is 0 Å². The quantitative estimate of drug-likeness (QED) is 0.129. The number of aromatic nitrogens is 5. The van der Waals surface area contributed by atoms with Gasteiger partial charge in [0.2, 0.25) is 0 Å². The molecule has 2 aliphatic heterocycles. The van der Waals surface area contributed by atoms with Crippen LogP contribution in [0.5, 0.6) is 17.2 Å². The zero-order valence-corrected chi connectivity index (χ0v) is 29.5. The maximum Gasteiger partial charge on any atom is 0.347 e. The summed E-state index contributed by atoms with van der Waals surface area (Å²) in [5.41, 5.74) is 0.228. The second kappa shape index (κ2) is 11.6. The van der Waals surface area contributed by atoms with Crippen LogP contribution < -0.4 is 26.4 Å². The van der Waals surface area contributed by atoms with Crippen LogP contribution >= 0.6 is 39.1 Å². The third kappa shape index (κ3) is 4.51. The summed E-state index contributed by atoms with van der Waals surface area (Å²) in [6.07, 6.45) is 1.42. The number of ether oxygens (including phenoxy) is 2. The fourth-order valence-corrected chi connectivity index (χ4v) is 8.79. The number of amides is 2. The smallest absolute Gasteiger partial charge is 0.347 e. The molecule has 1 N–H and O–H groups in total. The predicted octanol–water partition coefficient (Wildman–Crippen LogP) is 2.37. The summed E-state index contributed by atoms with van der Waals surface area (Å²) in [5, 5.41) is 9.99. The van der Waals surface area contributed by atoms with Crippen LogP contribution in [0, 0.1) is 0 Å². The first-order chi connectivity index (χ1) is 23.3. The highest BCUT2D eigenvalue weighted by Gasteiger charge is 2.75. The van der Waals surface area contributed by atoms with Crippen LogP contribution in [0.1, 0.15) is 29.6 Å². The van der Waals surface area contributed by atoms with E-state index in [4.69, 9.17) is 32.7 Å². The van der Waals surface area contributed by atoms with Gasteiger partial charge in [-0.05, 0) is 23.3 Å². The Hall–Kier alpha value is -4.34. The molecule has 0 radical (unpaired) electrons. The summed E-state index contributed by atoms with van der Waals surface area (Å²) in [6.45, 7) is -0.207. The summed E-state index contributed by atoms with van der Waals surface area (Å²) in [7, 11) is 4.56. The van der Waals surface area contributed by atoms with Crippen LogP contribution in [0.3, 0.4) is 0 Å². The number of hydrogen-bond acceptors (Lipinski definition) is 9. The van der Waals surface area contributed by atoms with E-state index in [0.29, 0.717) is 33.7 Å². The summed E-state index contributed by atoms with van der Waals surface area (Å²) < 4.78 is 15.7. The van der Waals surface area contributed by atoms with Crippen molar-refractivity contribution in [1.82, 2.24) is 28.4 Å². The van der Waals surface area contributed by atoms with Crippen molar-refractivity contribution in [1.29, 1.82) is 0 Å². The lowest BCUT2D eigenvalue weighted by atomic mass is 9.64. The van der Waals surface area contributed by atoms with E-state index in [2.05, 4.69) is 20.9 Å². The number of benzene rings is 2. The van der Waals surface area contributed by atoms with Crippen LogP contribution in [0.15, 0.2) is 62.4 Å². The first-order valence-corrected chi connectivity index (χ1v) is 17.0. The van der Waals surface area contributed by atoms with E-state index in [1.165, 1.54) is 40.3 Å². The van der Waals surface area contributed by atoms with Crippen molar-refractivity contribution >= 4 is 62.0 Å². The Labute approximate surface area is 295 Å². The van der Waals surface area contributed by atoms with Gasteiger partial charge in [-0.25, -0.2) is 28.5 Å². The number of carbonyl (C=O) groups is 2. The van der Waals surface area contributed by atoms with Crippen LogP contribution in [0.25, 0.3) is 11.0 Å². The lowest BCUT2D eigenvalue weighted by Crippen LogP contribution is -2.59. The van der Waals surface area contributed by atoms with Gasteiger partial charge < -0.3 is 19.1 Å². The molecule has 1 aliphatic carbocycles. The highest BCUT2D eigenvalue weighted by Crippen LogP contribution is 2.63. The zero-order chi connectivity index (χ0) is 35.2. The highest BCUT2D eigenvalue weighted by atomic mass is 79.9. The SMILES string of the molecule is COc1cc2nc(CCn3c(=O)n4n(c3=O)C3CC5(Cl)C(=O)N(CBr)C(=O)C5(Cl)C(c5ccc(O)cc5)C3=CC4)c(=O)n(C)c2cc1OC. The largest absolute Gasteiger partial charge is 0.508 e. The maximum atomic E-state index is 14.1. The van der Waals surface area contributed by atoms with E-state index in [0.717, 1.165) is 9.47 Å². The first kappa shape index (κ1) is 33.2. The normalized spacial score (nSPS) is 24.4. The van der Waals surface area contributed by atoms with Crippen molar-refractivity contribution in [2.75, 3.05) is 19.7 Å². The molecule has 4 heterocycles. The topological polar surface area (TPSA) is 160 Å². The lowest BCUT2D eigenvalue weighted by Gasteiger charge is -2.49. The van der Waals surface area contributed by atoms with Gasteiger partial charge in [0.1, 0.15) is 11.4 Å². The summed E-state index contributed by atoms with van der Waals surface area (Å²) in [5.74, 6) is -1.60. The molecule has 3 aliphatic rings. The Morgan fingerprint density at radius 3 is 2.33 bits per heavy atom. The molecule has 17 heteroatoms. The van der Waals surface area contributed by atoms with E-state index in [-0.39, 0.29) is 42.8 Å². The standard InChI is InChI=1S/C32H29BrCl2N6O8/c1-37-21-13-24(49-3)23(48-2)12-20(21)36-19(26(37)43)9-10-38-29(46)40-11-8-18-22(41(40)30(38)47)14-31(34)27(44)39(15-33)28(45)32(31,35)25(18)16-4-6-17(42)7-5-16/h4-8,12-13,22,25,42H,9-11,14-15H2,1-3H3. The molecule has 1 saturated heterocycles. The van der Waals surface area contributed by atoms with Gasteiger partial charge in [0.25, 0.3) is 17.4 Å². The molecule has 4 aromatic rings. The van der Waals surface area contributed by atoms with Crippen molar-refractivity contribution in [3.8, 4) is 17.2 Å². The van der Waals surface area contributed by atoms with Gasteiger partial charge in [0.05, 0.1) is 43.3 Å². The molecule has 0 spiro atoms. The third-order valence-electron chi connectivity index (χ3n) is 9.81. The van der Waals surface area contributed by atoms with Crippen LogP contribution in [0.4, 0.5) is 0 Å². The Bertz CT molecular complexity index is 2300. The summed E-state index contributed by atoms with van der Waals surface area (Å²) >= 11 is 17.6. The fraction of sp³-hybridized carbons (Fsp3) is 0.375. The van der Waals surface area contributed by atoms with Gasteiger partial charge in [-0.3, -0.25) is 19.3 Å². The number of carbonyl (C=O) groups excluding carboxylic acids is 2. The molecular weight excluding hydrogens is 747 g/mol. The van der Waals surface area contributed by atoms with Gasteiger partial charge in [0, 0.05) is 44.5 Å². The number of likely N-dealkylation sites (tertiary alicyclic amines) is 1.